The van der Waals surface area contributed by atoms with Crippen molar-refractivity contribution >= 4 is 11.0 Å². The molecule has 0 unspecified atom stereocenters. The van der Waals surface area contributed by atoms with Crippen molar-refractivity contribution < 1.29 is 9.15 Å². The van der Waals surface area contributed by atoms with Crippen molar-refractivity contribution in [3.05, 3.63) is 64.5 Å². The first-order valence-corrected chi connectivity index (χ1v) is 8.59. The van der Waals surface area contributed by atoms with Crippen LogP contribution in [0.25, 0.3) is 22.1 Å². The minimum Gasteiger partial charge on any atom is -0.489 e. The third kappa shape index (κ3) is 3.17. The Kier molecular flexibility index (Phi) is 4.06. The summed E-state index contributed by atoms with van der Waals surface area (Å²) < 4.78 is 11.5. The second-order valence-corrected chi connectivity index (χ2v) is 6.74. The molecular weight excluding hydrogens is 314 g/mol. The predicted molar refractivity (Wildman–Crippen MR) is 99.2 cm³/mol. The lowest BCUT2D eigenvalue weighted by molar-refractivity contribution is 0.208. The van der Waals surface area contributed by atoms with Crippen molar-refractivity contribution in [1.29, 1.82) is 0 Å². The molecule has 4 rings (SSSR count). The zero-order chi connectivity index (χ0) is 17.4. The van der Waals surface area contributed by atoms with E-state index < -0.39 is 0 Å². The Hall–Kier alpha value is -2.59. The molecule has 1 fully saturated rings. The molecule has 3 aromatic rings. The van der Waals surface area contributed by atoms with Crippen LogP contribution in [0.1, 0.15) is 12.0 Å². The second-order valence-electron chi connectivity index (χ2n) is 6.74. The van der Waals surface area contributed by atoms with Gasteiger partial charge in [-0.3, -0.25) is 0 Å². The lowest BCUT2D eigenvalue weighted by Crippen LogP contribution is -2.21. The highest BCUT2D eigenvalue weighted by atomic mass is 16.5. The Labute approximate surface area is 146 Å². The van der Waals surface area contributed by atoms with Crippen LogP contribution in [0.5, 0.6) is 5.75 Å². The van der Waals surface area contributed by atoms with Crippen LogP contribution in [0.4, 0.5) is 0 Å². The number of ether oxygens (including phenoxy) is 1. The number of hydrogen-bond donors (Lipinski definition) is 0. The zero-order valence-corrected chi connectivity index (χ0v) is 14.5. The van der Waals surface area contributed by atoms with Gasteiger partial charge in [-0.25, -0.2) is 4.79 Å². The highest BCUT2D eigenvalue weighted by Gasteiger charge is 2.21. The monoisotopic (exact) mass is 335 g/mol. The molecule has 1 aliphatic rings. The summed E-state index contributed by atoms with van der Waals surface area (Å²) in [6.45, 7) is 4.01. The van der Waals surface area contributed by atoms with Crippen molar-refractivity contribution in [1.82, 2.24) is 4.90 Å². The lowest BCUT2D eigenvalue weighted by Gasteiger charge is -2.14. The van der Waals surface area contributed by atoms with Crippen LogP contribution >= 0.6 is 0 Å². The van der Waals surface area contributed by atoms with E-state index in [1.165, 1.54) is 0 Å². The van der Waals surface area contributed by atoms with Gasteiger partial charge in [-0.1, -0.05) is 24.3 Å². The van der Waals surface area contributed by atoms with Gasteiger partial charge in [0.15, 0.2) is 0 Å². The van der Waals surface area contributed by atoms with Crippen LogP contribution in [0.15, 0.2) is 57.7 Å². The minimum absolute atomic E-state index is 0.189. The van der Waals surface area contributed by atoms with E-state index in [4.69, 9.17) is 9.15 Å². The second kappa shape index (κ2) is 6.37. The van der Waals surface area contributed by atoms with Crippen LogP contribution in [-0.4, -0.2) is 31.1 Å². The number of rotatable bonds is 3. The van der Waals surface area contributed by atoms with Gasteiger partial charge in [0.05, 0.1) is 0 Å². The number of hydrogen-bond acceptors (Lipinski definition) is 4. The number of aryl methyl sites for hydroxylation is 1. The topological polar surface area (TPSA) is 42.7 Å². The third-order valence-corrected chi connectivity index (χ3v) is 4.80. The molecule has 0 spiro atoms. The van der Waals surface area contributed by atoms with Crippen LogP contribution < -0.4 is 10.4 Å². The number of likely N-dealkylation sites (tertiary alicyclic amines) is 1. The largest absolute Gasteiger partial charge is 0.489 e. The average Bonchev–Trinajstić information content (AvgIpc) is 2.99. The molecule has 0 aliphatic carbocycles. The summed E-state index contributed by atoms with van der Waals surface area (Å²) in [6, 6.07) is 15.4. The van der Waals surface area contributed by atoms with E-state index in [2.05, 4.69) is 11.9 Å². The zero-order valence-electron chi connectivity index (χ0n) is 14.5. The van der Waals surface area contributed by atoms with Gasteiger partial charge in [-0.2, -0.15) is 0 Å². The normalized spacial score (nSPS) is 17.9. The van der Waals surface area contributed by atoms with E-state index in [9.17, 15) is 4.79 Å². The van der Waals surface area contributed by atoms with Gasteiger partial charge in [-0.05, 0) is 43.7 Å². The molecule has 0 N–H and O–H groups in total. The molecule has 0 bridgehead atoms. The first-order valence-electron chi connectivity index (χ1n) is 8.59. The van der Waals surface area contributed by atoms with Gasteiger partial charge < -0.3 is 14.1 Å². The first-order chi connectivity index (χ1) is 12.1. The van der Waals surface area contributed by atoms with E-state index in [0.29, 0.717) is 5.58 Å². The number of fused-ring (bicyclic) bond motifs is 1. The molecule has 128 valence electrons. The lowest BCUT2D eigenvalue weighted by atomic mass is 9.98. The molecule has 1 aromatic heterocycles. The van der Waals surface area contributed by atoms with Gasteiger partial charge in [-0.15, -0.1) is 0 Å². The van der Waals surface area contributed by atoms with Gasteiger partial charge in [0, 0.05) is 36.2 Å². The molecule has 2 heterocycles. The summed E-state index contributed by atoms with van der Waals surface area (Å²) in [5.74, 6) is 0.748. The van der Waals surface area contributed by atoms with E-state index in [1.807, 2.05) is 49.4 Å². The van der Waals surface area contributed by atoms with Crippen molar-refractivity contribution in [2.75, 3.05) is 20.1 Å². The summed E-state index contributed by atoms with van der Waals surface area (Å²) in [4.78, 5) is 14.3. The summed E-state index contributed by atoms with van der Waals surface area (Å²) in [6.07, 6.45) is 1.20. The van der Waals surface area contributed by atoms with Gasteiger partial charge >= 0.3 is 5.63 Å². The van der Waals surface area contributed by atoms with Gasteiger partial charge in [0.2, 0.25) is 0 Å². The smallest absolute Gasteiger partial charge is 0.336 e. The third-order valence-electron chi connectivity index (χ3n) is 4.80. The van der Waals surface area contributed by atoms with Gasteiger partial charge in [0.1, 0.15) is 17.4 Å². The van der Waals surface area contributed by atoms with E-state index in [1.54, 1.807) is 6.07 Å². The van der Waals surface area contributed by atoms with E-state index in [-0.39, 0.29) is 11.7 Å². The summed E-state index contributed by atoms with van der Waals surface area (Å²) in [5.41, 5.74) is 3.30. The van der Waals surface area contributed by atoms with Crippen LogP contribution in [-0.2, 0) is 0 Å². The van der Waals surface area contributed by atoms with Crippen molar-refractivity contribution in [3.63, 3.8) is 0 Å². The SMILES string of the molecule is Cc1ccccc1-c1cc(=O)oc2cc(O[C@H]3CCN(C)C3)ccc12. The molecule has 1 atom stereocenters. The van der Waals surface area contributed by atoms with Crippen LogP contribution in [0, 0.1) is 6.92 Å². The van der Waals surface area contributed by atoms with E-state index >= 15 is 0 Å². The fourth-order valence-electron chi connectivity index (χ4n) is 3.50. The van der Waals surface area contributed by atoms with Gasteiger partial charge in [0.25, 0.3) is 0 Å². The summed E-state index contributed by atoms with van der Waals surface area (Å²) in [5, 5.41) is 0.921. The Balaban J connectivity index is 1.76. The number of nitrogens with zero attached hydrogens (tertiary/aromatic N) is 1. The minimum atomic E-state index is -0.344. The Bertz CT molecular complexity index is 976. The Morgan fingerprint density at radius 2 is 1.96 bits per heavy atom. The standard InChI is InChI=1S/C21H21NO3/c1-14-5-3-4-6-17(14)19-12-21(23)25-20-11-15(7-8-18(19)20)24-16-9-10-22(2)13-16/h3-8,11-12,16H,9-10,13H2,1-2H3/t16-/m0/s1. The molecule has 0 radical (unpaired) electrons. The maximum absolute atomic E-state index is 12.1. The highest BCUT2D eigenvalue weighted by molar-refractivity contribution is 5.94. The fraction of sp³-hybridized carbons (Fsp3) is 0.286. The fourth-order valence-corrected chi connectivity index (χ4v) is 3.50. The maximum Gasteiger partial charge on any atom is 0.336 e. The van der Waals surface area contributed by atoms with Crippen LogP contribution in [0.2, 0.25) is 0 Å². The molecule has 25 heavy (non-hydrogen) atoms. The average molecular weight is 335 g/mol. The predicted octanol–water partition coefficient (Wildman–Crippen LogP) is 3.85. The first kappa shape index (κ1) is 15.9. The molecule has 4 heteroatoms. The number of likely N-dealkylation sites (N-methyl/N-ethyl adjacent to an activating group) is 1. The van der Waals surface area contributed by atoms with E-state index in [0.717, 1.165) is 47.3 Å². The molecule has 0 amide bonds. The maximum atomic E-state index is 12.1. The molecule has 4 nitrogen and oxygen atoms in total. The molecule has 1 saturated heterocycles. The van der Waals surface area contributed by atoms with Crippen molar-refractivity contribution in [2.24, 2.45) is 0 Å². The summed E-state index contributed by atoms with van der Waals surface area (Å²) >= 11 is 0. The highest BCUT2D eigenvalue weighted by Crippen LogP contribution is 2.32. The van der Waals surface area contributed by atoms with Crippen LogP contribution in [0.3, 0.4) is 0 Å². The molecule has 0 saturated carbocycles. The van der Waals surface area contributed by atoms with Crippen molar-refractivity contribution in [2.45, 2.75) is 19.4 Å². The summed E-state index contributed by atoms with van der Waals surface area (Å²) in [7, 11) is 2.09. The molecule has 2 aromatic carbocycles. The molecule has 1 aliphatic heterocycles. The Morgan fingerprint density at radius 1 is 1.12 bits per heavy atom. The quantitative estimate of drug-likeness (QED) is 0.682. The number of benzene rings is 2. The van der Waals surface area contributed by atoms with Crippen molar-refractivity contribution in [3.8, 4) is 16.9 Å². The Morgan fingerprint density at radius 3 is 2.72 bits per heavy atom. The molecular formula is C21H21NO3.